The highest BCUT2D eigenvalue weighted by Crippen LogP contribution is 2.32. The molecule has 1 amide bonds. The summed E-state index contributed by atoms with van der Waals surface area (Å²) in [6, 6.07) is 12.1. The molecule has 4 rings (SSSR count). The van der Waals surface area contributed by atoms with E-state index in [1.807, 2.05) is 0 Å². The fraction of sp³-hybridized carbons (Fsp3) is 0.200. The Hall–Kier alpha value is -3.53. The van der Waals surface area contributed by atoms with Gasteiger partial charge in [0.15, 0.2) is 11.5 Å². The third-order valence-corrected chi connectivity index (χ3v) is 5.98. The second kappa shape index (κ2) is 7.71. The summed E-state index contributed by atoms with van der Waals surface area (Å²) in [7, 11) is -1.25. The van der Waals surface area contributed by atoms with Crippen LogP contribution in [-0.2, 0) is 21.5 Å². The first-order valence-electron chi connectivity index (χ1n) is 8.99. The van der Waals surface area contributed by atoms with Crippen LogP contribution in [0.25, 0.3) is 0 Å². The minimum atomic E-state index is -4.05. The predicted octanol–water partition coefficient (Wildman–Crippen LogP) is 1.60. The quantitative estimate of drug-likeness (QED) is 0.774. The molecule has 10 heteroatoms. The molecular formula is C20H19N3O6S. The SMILES string of the molecule is COc1cccc(C2=NS(=O)(=O)N(C)C(C(=O)NCc3ccc4c(c3)OCO4)=C2)c1. The van der Waals surface area contributed by atoms with E-state index in [-0.39, 0.29) is 24.7 Å². The van der Waals surface area contributed by atoms with Gasteiger partial charge in [-0.3, -0.25) is 4.79 Å². The maximum Gasteiger partial charge on any atom is 0.345 e. The average Bonchev–Trinajstić information content (AvgIpc) is 3.21. The minimum absolute atomic E-state index is 0.0384. The first-order chi connectivity index (χ1) is 14.4. The van der Waals surface area contributed by atoms with Crippen LogP contribution in [0.2, 0.25) is 0 Å². The molecule has 0 bridgehead atoms. The molecule has 0 aromatic heterocycles. The molecule has 156 valence electrons. The van der Waals surface area contributed by atoms with E-state index in [9.17, 15) is 13.2 Å². The van der Waals surface area contributed by atoms with Crippen molar-refractivity contribution in [1.82, 2.24) is 9.62 Å². The molecule has 9 nitrogen and oxygen atoms in total. The third-order valence-electron chi connectivity index (χ3n) is 4.66. The number of likely N-dealkylation sites (N-methyl/N-ethyl adjacent to an activating group) is 1. The molecule has 0 aliphatic carbocycles. The summed E-state index contributed by atoms with van der Waals surface area (Å²) in [6.45, 7) is 0.347. The van der Waals surface area contributed by atoms with Crippen molar-refractivity contribution in [3.63, 3.8) is 0 Å². The lowest BCUT2D eigenvalue weighted by molar-refractivity contribution is -0.118. The maximum atomic E-state index is 12.8. The lowest BCUT2D eigenvalue weighted by atomic mass is 10.1. The Kier molecular flexibility index (Phi) is 5.08. The van der Waals surface area contributed by atoms with Crippen molar-refractivity contribution in [3.8, 4) is 17.2 Å². The zero-order chi connectivity index (χ0) is 21.3. The third kappa shape index (κ3) is 3.81. The summed E-state index contributed by atoms with van der Waals surface area (Å²) < 4.78 is 45.4. The van der Waals surface area contributed by atoms with Gasteiger partial charge in [0.05, 0.1) is 12.8 Å². The maximum absolute atomic E-state index is 12.8. The van der Waals surface area contributed by atoms with E-state index in [2.05, 4.69) is 9.71 Å². The normalized spacial score (nSPS) is 16.5. The molecule has 2 aromatic rings. The number of ether oxygens (including phenoxy) is 3. The standard InChI is InChI=1S/C20H19N3O6S/c1-23-17(20(24)21-11-13-6-7-18-19(8-13)29-12-28-18)10-16(22-30(23,25)26)14-4-3-5-15(9-14)27-2/h3-10H,11-12H2,1-2H3,(H,21,24). The Morgan fingerprint density at radius 2 is 2.00 bits per heavy atom. The summed E-state index contributed by atoms with van der Waals surface area (Å²) in [5, 5.41) is 2.73. The van der Waals surface area contributed by atoms with Crippen LogP contribution in [0, 0.1) is 0 Å². The Morgan fingerprint density at radius 3 is 2.80 bits per heavy atom. The smallest absolute Gasteiger partial charge is 0.345 e. The molecule has 2 aliphatic heterocycles. The number of rotatable bonds is 5. The van der Waals surface area contributed by atoms with E-state index in [1.165, 1.54) is 20.2 Å². The van der Waals surface area contributed by atoms with E-state index in [0.717, 1.165) is 9.87 Å². The number of nitrogens with one attached hydrogen (secondary N) is 1. The summed E-state index contributed by atoms with van der Waals surface area (Å²) >= 11 is 0. The van der Waals surface area contributed by atoms with Gasteiger partial charge in [-0.2, -0.15) is 8.42 Å². The van der Waals surface area contributed by atoms with Gasteiger partial charge in [0, 0.05) is 19.2 Å². The largest absolute Gasteiger partial charge is 0.497 e. The molecule has 0 fully saturated rings. The topological polar surface area (TPSA) is 107 Å². The first kappa shape index (κ1) is 19.8. The average molecular weight is 429 g/mol. The number of fused-ring (bicyclic) bond motifs is 1. The highest BCUT2D eigenvalue weighted by atomic mass is 32.2. The van der Waals surface area contributed by atoms with E-state index < -0.39 is 16.1 Å². The molecule has 0 radical (unpaired) electrons. The van der Waals surface area contributed by atoms with Crippen LogP contribution < -0.4 is 19.5 Å². The van der Waals surface area contributed by atoms with E-state index in [0.29, 0.717) is 22.8 Å². The summed E-state index contributed by atoms with van der Waals surface area (Å²) in [4.78, 5) is 12.8. The van der Waals surface area contributed by atoms with E-state index in [1.54, 1.807) is 42.5 Å². The van der Waals surface area contributed by atoms with Gasteiger partial charge in [0.25, 0.3) is 5.91 Å². The molecule has 0 saturated carbocycles. The van der Waals surface area contributed by atoms with Crippen molar-refractivity contribution in [2.45, 2.75) is 6.54 Å². The zero-order valence-electron chi connectivity index (χ0n) is 16.3. The van der Waals surface area contributed by atoms with Crippen molar-refractivity contribution < 1.29 is 27.4 Å². The molecule has 0 unspecified atom stereocenters. The van der Waals surface area contributed by atoms with E-state index in [4.69, 9.17) is 14.2 Å². The summed E-state index contributed by atoms with van der Waals surface area (Å²) in [5.74, 6) is 1.25. The van der Waals surface area contributed by atoms with Crippen LogP contribution in [0.5, 0.6) is 17.2 Å². The van der Waals surface area contributed by atoms with Crippen molar-refractivity contribution in [3.05, 3.63) is 65.4 Å². The number of benzene rings is 2. The van der Waals surface area contributed by atoms with Crippen LogP contribution in [0.4, 0.5) is 0 Å². The highest BCUT2D eigenvalue weighted by molar-refractivity contribution is 7.88. The number of allylic oxidation sites excluding steroid dienone is 1. The fourth-order valence-electron chi connectivity index (χ4n) is 3.01. The van der Waals surface area contributed by atoms with Crippen molar-refractivity contribution in [2.75, 3.05) is 21.0 Å². The molecule has 0 atom stereocenters. The van der Waals surface area contributed by atoms with Gasteiger partial charge in [0.1, 0.15) is 11.4 Å². The molecule has 2 aliphatic rings. The minimum Gasteiger partial charge on any atom is -0.497 e. The number of amides is 1. The summed E-state index contributed by atoms with van der Waals surface area (Å²) in [6.07, 6.45) is 1.44. The second-order valence-electron chi connectivity index (χ2n) is 6.55. The Morgan fingerprint density at radius 1 is 1.20 bits per heavy atom. The van der Waals surface area contributed by atoms with Gasteiger partial charge >= 0.3 is 10.2 Å². The lowest BCUT2D eigenvalue weighted by Gasteiger charge is -2.23. The van der Waals surface area contributed by atoms with Crippen molar-refractivity contribution in [2.24, 2.45) is 4.40 Å². The highest BCUT2D eigenvalue weighted by Gasteiger charge is 2.30. The Balaban J connectivity index is 1.57. The molecular weight excluding hydrogens is 410 g/mol. The number of hydrogen-bond donors (Lipinski definition) is 1. The van der Waals surface area contributed by atoms with Crippen LogP contribution in [0.15, 0.2) is 58.6 Å². The number of methoxy groups -OCH3 is 1. The zero-order valence-corrected chi connectivity index (χ0v) is 17.1. The number of carbonyl (C=O) groups is 1. The van der Waals surface area contributed by atoms with Crippen LogP contribution in [-0.4, -0.2) is 45.3 Å². The number of nitrogens with zero attached hydrogens (tertiary/aromatic N) is 2. The van der Waals surface area contributed by atoms with Gasteiger partial charge in [-0.15, -0.1) is 4.40 Å². The number of carbonyl (C=O) groups excluding carboxylic acids is 1. The van der Waals surface area contributed by atoms with Gasteiger partial charge in [0.2, 0.25) is 6.79 Å². The molecule has 1 N–H and O–H groups in total. The van der Waals surface area contributed by atoms with Gasteiger partial charge in [-0.05, 0) is 35.9 Å². The molecule has 2 heterocycles. The van der Waals surface area contributed by atoms with Crippen molar-refractivity contribution >= 4 is 21.8 Å². The van der Waals surface area contributed by atoms with Gasteiger partial charge in [-0.1, -0.05) is 18.2 Å². The summed E-state index contributed by atoms with van der Waals surface area (Å²) in [5.41, 5.74) is 1.42. The fourth-order valence-corrected chi connectivity index (χ4v) is 3.92. The molecule has 0 spiro atoms. The monoisotopic (exact) mass is 429 g/mol. The Bertz CT molecular complexity index is 1170. The lowest BCUT2D eigenvalue weighted by Crippen LogP contribution is -2.38. The van der Waals surface area contributed by atoms with Crippen LogP contribution in [0.3, 0.4) is 0 Å². The number of hydrogen-bond acceptors (Lipinski definition) is 6. The van der Waals surface area contributed by atoms with E-state index >= 15 is 0 Å². The van der Waals surface area contributed by atoms with Gasteiger partial charge in [-0.25, -0.2) is 4.31 Å². The Labute approximate surface area is 173 Å². The second-order valence-corrected chi connectivity index (χ2v) is 8.18. The predicted molar refractivity (Wildman–Crippen MR) is 109 cm³/mol. The first-order valence-corrected chi connectivity index (χ1v) is 10.4. The van der Waals surface area contributed by atoms with Crippen LogP contribution >= 0.6 is 0 Å². The van der Waals surface area contributed by atoms with Crippen LogP contribution in [0.1, 0.15) is 11.1 Å². The van der Waals surface area contributed by atoms with Crippen molar-refractivity contribution in [1.29, 1.82) is 0 Å². The molecule has 0 saturated heterocycles. The molecule has 30 heavy (non-hydrogen) atoms. The van der Waals surface area contributed by atoms with Gasteiger partial charge < -0.3 is 19.5 Å². The molecule has 2 aromatic carbocycles.